The molecule has 6 heteroatoms. The molecule has 4 nitrogen and oxygen atoms in total. The van der Waals surface area contributed by atoms with Crippen molar-refractivity contribution < 1.29 is 23.0 Å². The number of methoxy groups -OCH3 is 1. The van der Waals surface area contributed by atoms with Crippen LogP contribution in [-0.4, -0.2) is 26.2 Å². The molecule has 0 radical (unpaired) electrons. The third-order valence-electron chi connectivity index (χ3n) is 3.15. The number of carbonyl (C=O) groups is 1. The monoisotopic (exact) mass is 321 g/mol. The summed E-state index contributed by atoms with van der Waals surface area (Å²) in [5, 5.41) is 2.67. The van der Waals surface area contributed by atoms with Crippen LogP contribution in [0.5, 0.6) is 11.5 Å². The van der Waals surface area contributed by atoms with Crippen LogP contribution in [-0.2, 0) is 11.2 Å². The highest BCUT2D eigenvalue weighted by atomic mass is 19.1. The molecule has 1 amide bonds. The highest BCUT2D eigenvalue weighted by Gasteiger charge is 2.07. The Labute approximate surface area is 133 Å². The van der Waals surface area contributed by atoms with Gasteiger partial charge in [-0.05, 0) is 36.2 Å². The van der Waals surface area contributed by atoms with Gasteiger partial charge in [-0.1, -0.05) is 12.1 Å². The summed E-state index contributed by atoms with van der Waals surface area (Å²) in [4.78, 5) is 11.6. The first-order chi connectivity index (χ1) is 11.1. The van der Waals surface area contributed by atoms with Gasteiger partial charge in [0, 0.05) is 12.6 Å². The molecule has 0 saturated carbocycles. The van der Waals surface area contributed by atoms with E-state index in [-0.39, 0.29) is 18.3 Å². The third-order valence-corrected chi connectivity index (χ3v) is 3.15. The molecule has 0 bridgehead atoms. The van der Waals surface area contributed by atoms with Gasteiger partial charge in [-0.2, -0.15) is 0 Å². The summed E-state index contributed by atoms with van der Waals surface area (Å²) < 4.78 is 36.1. The fourth-order valence-electron chi connectivity index (χ4n) is 1.93. The second-order valence-electron chi connectivity index (χ2n) is 4.81. The summed E-state index contributed by atoms with van der Waals surface area (Å²) in [6.07, 6.45) is 0.653. The van der Waals surface area contributed by atoms with Crippen molar-refractivity contribution in [3.63, 3.8) is 0 Å². The molecule has 1 N–H and O–H groups in total. The zero-order chi connectivity index (χ0) is 16.7. The van der Waals surface area contributed by atoms with Gasteiger partial charge in [-0.25, -0.2) is 8.78 Å². The number of amides is 1. The van der Waals surface area contributed by atoms with E-state index in [2.05, 4.69) is 5.32 Å². The lowest BCUT2D eigenvalue weighted by molar-refractivity contribution is -0.123. The molecule has 0 aliphatic carbocycles. The maximum absolute atomic E-state index is 13.3. The molecular formula is C17H17F2NO3. The molecule has 0 atom stereocenters. The summed E-state index contributed by atoms with van der Waals surface area (Å²) in [5.74, 6) is -1.29. The predicted octanol–water partition coefficient (Wildman–Crippen LogP) is 2.71. The van der Waals surface area contributed by atoms with Crippen molar-refractivity contribution in [2.45, 2.75) is 6.42 Å². The minimum Gasteiger partial charge on any atom is -0.497 e. The summed E-state index contributed by atoms with van der Waals surface area (Å²) in [7, 11) is 1.60. The molecule has 0 heterocycles. The zero-order valence-electron chi connectivity index (χ0n) is 12.6. The minimum absolute atomic E-state index is 0.156. The molecule has 0 aromatic heterocycles. The molecule has 2 rings (SSSR count). The molecule has 0 aliphatic heterocycles. The molecule has 0 fully saturated rings. The molecular weight excluding hydrogens is 304 g/mol. The lowest BCUT2D eigenvalue weighted by atomic mass is 10.1. The lowest BCUT2D eigenvalue weighted by Gasteiger charge is -2.08. The maximum Gasteiger partial charge on any atom is 0.257 e. The highest BCUT2D eigenvalue weighted by molar-refractivity contribution is 5.77. The Bertz CT molecular complexity index is 659. The van der Waals surface area contributed by atoms with E-state index in [0.29, 0.717) is 19.0 Å². The van der Waals surface area contributed by atoms with E-state index in [1.54, 1.807) is 7.11 Å². The third kappa shape index (κ3) is 5.25. The largest absolute Gasteiger partial charge is 0.497 e. The molecule has 122 valence electrons. The van der Waals surface area contributed by atoms with Crippen LogP contribution in [0.3, 0.4) is 0 Å². The fourth-order valence-corrected chi connectivity index (χ4v) is 1.93. The van der Waals surface area contributed by atoms with Gasteiger partial charge >= 0.3 is 0 Å². The van der Waals surface area contributed by atoms with E-state index in [1.165, 1.54) is 0 Å². The zero-order valence-corrected chi connectivity index (χ0v) is 12.6. The smallest absolute Gasteiger partial charge is 0.257 e. The van der Waals surface area contributed by atoms with Gasteiger partial charge in [-0.15, -0.1) is 0 Å². The standard InChI is InChI=1S/C17H17F2NO3/c1-22-14-5-2-12(3-6-14)8-9-20-17(21)11-23-16-7-4-13(18)10-15(16)19/h2-7,10H,8-9,11H2,1H3,(H,20,21). The molecule has 0 saturated heterocycles. The van der Waals surface area contributed by atoms with Gasteiger partial charge in [0.2, 0.25) is 0 Å². The van der Waals surface area contributed by atoms with Crippen LogP contribution in [0.1, 0.15) is 5.56 Å². The van der Waals surface area contributed by atoms with Crippen molar-refractivity contribution in [3.8, 4) is 11.5 Å². The van der Waals surface area contributed by atoms with Crippen molar-refractivity contribution >= 4 is 5.91 Å². The van der Waals surface area contributed by atoms with Crippen molar-refractivity contribution in [1.82, 2.24) is 5.32 Å². The van der Waals surface area contributed by atoms with Gasteiger partial charge in [0.05, 0.1) is 7.11 Å². The average Bonchev–Trinajstić information content (AvgIpc) is 2.54. The van der Waals surface area contributed by atoms with Crippen LogP contribution in [0.15, 0.2) is 42.5 Å². The van der Waals surface area contributed by atoms with E-state index in [0.717, 1.165) is 23.4 Å². The first-order valence-electron chi connectivity index (χ1n) is 7.06. The second kappa shape index (κ2) is 8.12. The number of rotatable bonds is 7. The van der Waals surface area contributed by atoms with Gasteiger partial charge in [0.25, 0.3) is 5.91 Å². The van der Waals surface area contributed by atoms with Gasteiger partial charge in [-0.3, -0.25) is 4.79 Å². The van der Waals surface area contributed by atoms with Crippen LogP contribution in [0.4, 0.5) is 8.78 Å². The number of hydrogen-bond donors (Lipinski definition) is 1. The summed E-state index contributed by atoms with van der Waals surface area (Å²) >= 11 is 0. The number of nitrogens with one attached hydrogen (secondary N) is 1. The normalized spacial score (nSPS) is 10.2. The first-order valence-corrected chi connectivity index (χ1v) is 7.06. The Morgan fingerprint density at radius 1 is 1.13 bits per heavy atom. The Morgan fingerprint density at radius 2 is 1.87 bits per heavy atom. The number of benzene rings is 2. The molecule has 2 aromatic rings. The lowest BCUT2D eigenvalue weighted by Crippen LogP contribution is -2.30. The summed E-state index contributed by atoms with van der Waals surface area (Å²) in [5.41, 5.74) is 1.05. The second-order valence-corrected chi connectivity index (χ2v) is 4.81. The Balaban J connectivity index is 1.72. The number of hydrogen-bond acceptors (Lipinski definition) is 3. The average molecular weight is 321 g/mol. The predicted molar refractivity (Wildman–Crippen MR) is 81.6 cm³/mol. The van der Waals surface area contributed by atoms with Crippen molar-refractivity contribution in [2.75, 3.05) is 20.3 Å². The molecule has 2 aromatic carbocycles. The van der Waals surface area contributed by atoms with Gasteiger partial charge < -0.3 is 14.8 Å². The molecule has 0 aliphatic rings. The van der Waals surface area contributed by atoms with Crippen LogP contribution in [0.25, 0.3) is 0 Å². The molecule has 0 unspecified atom stereocenters. The minimum atomic E-state index is -0.837. The summed E-state index contributed by atoms with van der Waals surface area (Å²) in [6, 6.07) is 10.4. The van der Waals surface area contributed by atoms with Crippen molar-refractivity contribution in [2.24, 2.45) is 0 Å². The van der Waals surface area contributed by atoms with Crippen molar-refractivity contribution in [1.29, 1.82) is 0 Å². The summed E-state index contributed by atoms with van der Waals surface area (Å²) in [6.45, 7) is 0.103. The van der Waals surface area contributed by atoms with Crippen LogP contribution < -0.4 is 14.8 Å². The van der Waals surface area contributed by atoms with Crippen LogP contribution in [0, 0.1) is 11.6 Å². The van der Waals surface area contributed by atoms with E-state index in [1.807, 2.05) is 24.3 Å². The number of carbonyl (C=O) groups excluding carboxylic acids is 1. The fraction of sp³-hybridized carbons (Fsp3) is 0.235. The maximum atomic E-state index is 13.3. The van der Waals surface area contributed by atoms with E-state index in [4.69, 9.17) is 9.47 Å². The van der Waals surface area contributed by atoms with Crippen LogP contribution in [0.2, 0.25) is 0 Å². The van der Waals surface area contributed by atoms with E-state index in [9.17, 15) is 13.6 Å². The molecule has 0 spiro atoms. The topological polar surface area (TPSA) is 47.6 Å². The Hall–Kier alpha value is -2.63. The Morgan fingerprint density at radius 3 is 2.52 bits per heavy atom. The van der Waals surface area contributed by atoms with Gasteiger partial charge in [0.15, 0.2) is 18.2 Å². The Kier molecular flexibility index (Phi) is 5.91. The number of halogens is 2. The van der Waals surface area contributed by atoms with E-state index < -0.39 is 11.6 Å². The highest BCUT2D eigenvalue weighted by Crippen LogP contribution is 2.17. The van der Waals surface area contributed by atoms with Gasteiger partial charge in [0.1, 0.15) is 11.6 Å². The van der Waals surface area contributed by atoms with E-state index >= 15 is 0 Å². The van der Waals surface area contributed by atoms with Crippen molar-refractivity contribution in [3.05, 3.63) is 59.7 Å². The number of ether oxygens (including phenoxy) is 2. The van der Waals surface area contributed by atoms with Crippen LogP contribution >= 0.6 is 0 Å². The quantitative estimate of drug-likeness (QED) is 0.853. The molecule has 23 heavy (non-hydrogen) atoms. The SMILES string of the molecule is COc1ccc(CCNC(=O)COc2ccc(F)cc2F)cc1. The first kappa shape index (κ1) is 16.7.